The molecule has 154 valence electrons. The van der Waals surface area contributed by atoms with E-state index in [9.17, 15) is 4.79 Å². The minimum absolute atomic E-state index is 0.148. The number of aryl methyl sites for hydroxylation is 3. The van der Waals surface area contributed by atoms with Crippen molar-refractivity contribution in [1.82, 2.24) is 20.1 Å². The van der Waals surface area contributed by atoms with Gasteiger partial charge < -0.3 is 15.2 Å². The molecule has 0 spiro atoms. The van der Waals surface area contributed by atoms with E-state index in [-0.39, 0.29) is 5.91 Å². The molecule has 2 heterocycles. The summed E-state index contributed by atoms with van der Waals surface area (Å²) in [7, 11) is 2.17. The summed E-state index contributed by atoms with van der Waals surface area (Å²) in [5.74, 6) is 0.148. The van der Waals surface area contributed by atoms with Crippen LogP contribution in [0.25, 0.3) is 10.9 Å². The van der Waals surface area contributed by atoms with E-state index in [2.05, 4.69) is 67.0 Å². The van der Waals surface area contributed by atoms with Crippen LogP contribution in [0.2, 0.25) is 0 Å². The maximum atomic E-state index is 12.5. The van der Waals surface area contributed by atoms with E-state index in [1.165, 1.54) is 33.3 Å². The van der Waals surface area contributed by atoms with E-state index in [4.69, 9.17) is 0 Å². The Morgan fingerprint density at radius 3 is 2.61 bits per heavy atom. The molecule has 1 aliphatic rings. The first kappa shape index (κ1) is 20.9. The van der Waals surface area contributed by atoms with Gasteiger partial charge in [-0.15, -0.1) is 0 Å². The third-order valence-corrected chi connectivity index (χ3v) is 6.28. The van der Waals surface area contributed by atoms with Gasteiger partial charge in [0, 0.05) is 56.3 Å². The van der Waals surface area contributed by atoms with Gasteiger partial charge in [-0.1, -0.05) is 18.6 Å². The number of amides is 1. The third kappa shape index (κ3) is 4.76. The smallest absolute Gasteiger partial charge is 0.220 e. The van der Waals surface area contributed by atoms with Gasteiger partial charge in [-0.3, -0.25) is 9.69 Å². The van der Waals surface area contributed by atoms with Crippen molar-refractivity contribution in [2.24, 2.45) is 0 Å². The van der Waals surface area contributed by atoms with Gasteiger partial charge in [0.1, 0.15) is 0 Å². The molecule has 1 aliphatic heterocycles. The lowest BCUT2D eigenvalue weighted by Gasteiger charge is -2.36. The van der Waals surface area contributed by atoms with Crippen LogP contribution in [0, 0.1) is 13.8 Å². The van der Waals surface area contributed by atoms with Crippen molar-refractivity contribution < 1.29 is 4.79 Å². The molecule has 5 nitrogen and oxygen atoms in total. The second kappa shape index (κ2) is 9.10. The number of likely N-dealkylation sites (N-methyl/N-ethyl adjacent to an activating group) is 1. The largest absolute Gasteiger partial charge is 0.358 e. The molecule has 3 rings (SSSR count). The Hall–Kier alpha value is -1.85. The maximum absolute atomic E-state index is 12.5. The summed E-state index contributed by atoms with van der Waals surface area (Å²) in [6.07, 6.45) is 2.50. The number of piperazine rings is 1. The summed E-state index contributed by atoms with van der Waals surface area (Å²) in [6.45, 7) is 13.8. The molecule has 0 aliphatic carbocycles. The number of nitrogens with zero attached hydrogens (tertiary/aromatic N) is 2. The van der Waals surface area contributed by atoms with Crippen LogP contribution in [0.1, 0.15) is 49.1 Å². The Morgan fingerprint density at radius 1 is 1.21 bits per heavy atom. The number of aromatic amines is 1. The summed E-state index contributed by atoms with van der Waals surface area (Å²) in [4.78, 5) is 20.9. The minimum Gasteiger partial charge on any atom is -0.358 e. The number of carbonyl (C=O) groups is 1. The molecule has 2 aromatic rings. The van der Waals surface area contributed by atoms with Gasteiger partial charge in [0.05, 0.1) is 5.52 Å². The number of H-pyrrole nitrogens is 1. The molecule has 5 heteroatoms. The SMILES string of the molecule is CCc1[nH]c2c(CNC(=O)CCC(C)N3CCN(C)CC3)cc(C)cc2c1C. The fourth-order valence-corrected chi connectivity index (χ4v) is 4.27. The van der Waals surface area contributed by atoms with E-state index in [0.29, 0.717) is 19.0 Å². The van der Waals surface area contributed by atoms with Crippen LogP contribution in [0.4, 0.5) is 0 Å². The highest BCUT2D eigenvalue weighted by molar-refractivity contribution is 5.88. The number of nitrogens with one attached hydrogen (secondary N) is 2. The normalized spacial score (nSPS) is 17.2. The second-order valence-corrected chi connectivity index (χ2v) is 8.43. The zero-order valence-corrected chi connectivity index (χ0v) is 18.2. The zero-order valence-electron chi connectivity index (χ0n) is 18.2. The Bertz CT molecular complexity index is 818. The van der Waals surface area contributed by atoms with Crippen LogP contribution in [0.15, 0.2) is 12.1 Å². The predicted molar refractivity (Wildman–Crippen MR) is 117 cm³/mol. The summed E-state index contributed by atoms with van der Waals surface area (Å²) in [6, 6.07) is 4.89. The fourth-order valence-electron chi connectivity index (χ4n) is 4.27. The van der Waals surface area contributed by atoms with Crippen molar-refractivity contribution in [2.75, 3.05) is 33.2 Å². The van der Waals surface area contributed by atoms with Crippen LogP contribution >= 0.6 is 0 Å². The average Bonchev–Trinajstić information content (AvgIpc) is 3.00. The van der Waals surface area contributed by atoms with Crippen molar-refractivity contribution in [3.05, 3.63) is 34.5 Å². The first-order valence-corrected chi connectivity index (χ1v) is 10.7. The van der Waals surface area contributed by atoms with Crippen molar-refractivity contribution in [2.45, 2.75) is 59.5 Å². The molecular weight excluding hydrogens is 348 g/mol. The zero-order chi connectivity index (χ0) is 20.3. The number of aromatic nitrogens is 1. The minimum atomic E-state index is 0.148. The van der Waals surface area contributed by atoms with Crippen LogP contribution in [0.5, 0.6) is 0 Å². The van der Waals surface area contributed by atoms with Crippen LogP contribution in [-0.2, 0) is 17.8 Å². The van der Waals surface area contributed by atoms with Gasteiger partial charge in [0.2, 0.25) is 5.91 Å². The van der Waals surface area contributed by atoms with Crippen molar-refractivity contribution >= 4 is 16.8 Å². The number of carbonyl (C=O) groups excluding carboxylic acids is 1. The maximum Gasteiger partial charge on any atom is 0.220 e. The number of hydrogen-bond donors (Lipinski definition) is 2. The summed E-state index contributed by atoms with van der Waals surface area (Å²) in [5.41, 5.74) is 6.21. The Balaban J connectivity index is 1.56. The van der Waals surface area contributed by atoms with E-state index in [0.717, 1.165) is 39.0 Å². The molecule has 1 aromatic carbocycles. The van der Waals surface area contributed by atoms with E-state index in [1.54, 1.807) is 0 Å². The molecule has 28 heavy (non-hydrogen) atoms. The lowest BCUT2D eigenvalue weighted by molar-refractivity contribution is -0.121. The summed E-state index contributed by atoms with van der Waals surface area (Å²) >= 11 is 0. The summed E-state index contributed by atoms with van der Waals surface area (Å²) < 4.78 is 0. The van der Waals surface area contributed by atoms with Crippen LogP contribution in [0.3, 0.4) is 0 Å². The molecule has 1 saturated heterocycles. The van der Waals surface area contributed by atoms with E-state index < -0.39 is 0 Å². The highest BCUT2D eigenvalue weighted by Gasteiger charge is 2.19. The van der Waals surface area contributed by atoms with Gasteiger partial charge >= 0.3 is 0 Å². The Labute approximate surface area is 169 Å². The first-order valence-electron chi connectivity index (χ1n) is 10.7. The van der Waals surface area contributed by atoms with Gasteiger partial charge in [0.15, 0.2) is 0 Å². The Kier molecular flexibility index (Phi) is 6.78. The molecule has 2 N–H and O–H groups in total. The van der Waals surface area contributed by atoms with Crippen molar-refractivity contribution in [1.29, 1.82) is 0 Å². The van der Waals surface area contributed by atoms with E-state index in [1.807, 2.05) is 0 Å². The molecule has 1 amide bonds. The number of rotatable bonds is 7. The van der Waals surface area contributed by atoms with Gasteiger partial charge in [-0.25, -0.2) is 0 Å². The highest BCUT2D eigenvalue weighted by Crippen LogP contribution is 2.26. The standard InChI is InChI=1S/C23H36N4O/c1-6-21-18(4)20-14-16(2)13-19(23(20)25-21)15-24-22(28)8-7-17(3)27-11-9-26(5)10-12-27/h13-14,17,25H,6-12,15H2,1-5H3,(H,24,28). The predicted octanol–water partition coefficient (Wildman–Crippen LogP) is 3.38. The second-order valence-electron chi connectivity index (χ2n) is 8.43. The van der Waals surface area contributed by atoms with Crippen molar-refractivity contribution in [3.8, 4) is 0 Å². The topological polar surface area (TPSA) is 51.4 Å². The number of hydrogen-bond acceptors (Lipinski definition) is 3. The highest BCUT2D eigenvalue weighted by atomic mass is 16.1. The molecule has 1 fully saturated rings. The molecule has 1 unspecified atom stereocenters. The molecule has 0 saturated carbocycles. The quantitative estimate of drug-likeness (QED) is 0.769. The monoisotopic (exact) mass is 384 g/mol. The van der Waals surface area contributed by atoms with Gasteiger partial charge in [0.25, 0.3) is 0 Å². The van der Waals surface area contributed by atoms with Crippen LogP contribution < -0.4 is 5.32 Å². The average molecular weight is 385 g/mol. The number of benzene rings is 1. The van der Waals surface area contributed by atoms with Gasteiger partial charge in [-0.2, -0.15) is 0 Å². The van der Waals surface area contributed by atoms with Crippen LogP contribution in [-0.4, -0.2) is 60.0 Å². The van der Waals surface area contributed by atoms with E-state index >= 15 is 0 Å². The third-order valence-electron chi connectivity index (χ3n) is 6.28. The fraction of sp³-hybridized carbons (Fsp3) is 0.609. The number of fused-ring (bicyclic) bond motifs is 1. The first-order chi connectivity index (χ1) is 13.4. The lowest BCUT2D eigenvalue weighted by atomic mass is 10.0. The van der Waals surface area contributed by atoms with Gasteiger partial charge in [-0.05, 0) is 57.9 Å². The Morgan fingerprint density at radius 2 is 1.93 bits per heavy atom. The molecular formula is C23H36N4O. The van der Waals surface area contributed by atoms with Crippen molar-refractivity contribution in [3.63, 3.8) is 0 Å². The molecule has 1 aromatic heterocycles. The molecule has 0 bridgehead atoms. The molecule has 0 radical (unpaired) electrons. The summed E-state index contributed by atoms with van der Waals surface area (Å²) in [5, 5.41) is 4.43. The lowest BCUT2D eigenvalue weighted by Crippen LogP contribution is -2.48. The molecule has 1 atom stereocenters.